The van der Waals surface area contributed by atoms with E-state index in [0.29, 0.717) is 18.2 Å². The molecule has 0 atom stereocenters. The van der Waals surface area contributed by atoms with E-state index in [0.717, 1.165) is 60.9 Å². The molecule has 2 aromatic carbocycles. The molecule has 1 aliphatic heterocycles. The van der Waals surface area contributed by atoms with Crippen molar-refractivity contribution in [3.63, 3.8) is 0 Å². The molecule has 1 saturated heterocycles. The van der Waals surface area contributed by atoms with E-state index in [9.17, 15) is 4.79 Å². The highest BCUT2D eigenvalue weighted by Crippen LogP contribution is 2.26. The molecular formula is C24H32N2O2. The summed E-state index contributed by atoms with van der Waals surface area (Å²) in [5.41, 5.74) is 0.745. The maximum atomic E-state index is 12.5. The Morgan fingerprint density at radius 3 is 2.39 bits per heavy atom. The second kappa shape index (κ2) is 8.52. The Morgan fingerprint density at radius 1 is 1.00 bits per heavy atom. The highest BCUT2D eigenvalue weighted by atomic mass is 16.5. The minimum absolute atomic E-state index is 0.0473. The molecule has 4 nitrogen and oxygen atoms in total. The number of hydrogen-bond acceptors (Lipinski definition) is 3. The molecular weight excluding hydrogens is 348 g/mol. The monoisotopic (exact) mass is 380 g/mol. The predicted molar refractivity (Wildman–Crippen MR) is 114 cm³/mol. The van der Waals surface area contributed by atoms with Crippen molar-refractivity contribution < 1.29 is 9.53 Å². The second-order valence-electron chi connectivity index (χ2n) is 8.63. The summed E-state index contributed by atoms with van der Waals surface area (Å²) in [4.78, 5) is 15.0. The molecule has 0 aromatic heterocycles. The van der Waals surface area contributed by atoms with Crippen molar-refractivity contribution in [2.24, 2.45) is 0 Å². The Labute approximate surface area is 168 Å². The summed E-state index contributed by atoms with van der Waals surface area (Å²) in [7, 11) is 0. The van der Waals surface area contributed by atoms with Crippen LogP contribution in [0.25, 0.3) is 10.8 Å². The number of nitrogens with one attached hydrogen (secondary N) is 1. The molecule has 1 N–H and O–H groups in total. The van der Waals surface area contributed by atoms with Gasteiger partial charge in [-0.2, -0.15) is 0 Å². The SMILES string of the molecule is CC(C)N1CCC(Oc2ccc3cc(C(=O)NC4CCCC4)ccc3c2)CC1. The fourth-order valence-corrected chi connectivity index (χ4v) is 4.48. The summed E-state index contributed by atoms with van der Waals surface area (Å²) in [6, 6.07) is 13.1. The van der Waals surface area contributed by atoms with E-state index in [1.165, 1.54) is 12.8 Å². The summed E-state index contributed by atoms with van der Waals surface area (Å²) in [6.45, 7) is 6.73. The van der Waals surface area contributed by atoms with Crippen LogP contribution in [0.2, 0.25) is 0 Å². The number of piperidine rings is 1. The number of hydrogen-bond donors (Lipinski definition) is 1. The van der Waals surface area contributed by atoms with Crippen molar-refractivity contribution in [3.8, 4) is 5.75 Å². The summed E-state index contributed by atoms with van der Waals surface area (Å²) in [5, 5.41) is 5.37. The first-order chi connectivity index (χ1) is 13.6. The third-order valence-electron chi connectivity index (χ3n) is 6.27. The summed E-state index contributed by atoms with van der Waals surface area (Å²) in [5.74, 6) is 0.977. The third-order valence-corrected chi connectivity index (χ3v) is 6.27. The standard InChI is InChI=1S/C24H32N2O2/c1-17(2)26-13-11-22(12-14-26)28-23-10-9-18-15-20(8-7-19(18)16-23)24(27)25-21-5-3-4-6-21/h7-10,15-17,21-22H,3-6,11-14H2,1-2H3,(H,25,27). The first-order valence-electron chi connectivity index (χ1n) is 10.8. The maximum absolute atomic E-state index is 12.5. The number of amides is 1. The fourth-order valence-electron chi connectivity index (χ4n) is 4.48. The fraction of sp³-hybridized carbons (Fsp3) is 0.542. The van der Waals surface area contributed by atoms with Crippen LogP contribution in [0, 0.1) is 0 Å². The molecule has 150 valence electrons. The zero-order valence-electron chi connectivity index (χ0n) is 17.1. The van der Waals surface area contributed by atoms with Crippen LogP contribution in [0.1, 0.15) is 62.7 Å². The van der Waals surface area contributed by atoms with E-state index < -0.39 is 0 Å². The van der Waals surface area contributed by atoms with Gasteiger partial charge in [0.1, 0.15) is 11.9 Å². The van der Waals surface area contributed by atoms with Gasteiger partial charge in [-0.1, -0.05) is 25.0 Å². The van der Waals surface area contributed by atoms with Gasteiger partial charge in [0.2, 0.25) is 0 Å². The van der Waals surface area contributed by atoms with E-state index in [2.05, 4.69) is 36.2 Å². The van der Waals surface area contributed by atoms with Crippen molar-refractivity contribution in [1.82, 2.24) is 10.2 Å². The number of benzene rings is 2. The Hall–Kier alpha value is -2.07. The van der Waals surface area contributed by atoms with E-state index >= 15 is 0 Å². The predicted octanol–water partition coefficient (Wildman–Crippen LogP) is 4.76. The largest absolute Gasteiger partial charge is 0.490 e. The topological polar surface area (TPSA) is 41.6 Å². The van der Waals surface area contributed by atoms with Crippen LogP contribution >= 0.6 is 0 Å². The van der Waals surface area contributed by atoms with Gasteiger partial charge in [-0.25, -0.2) is 0 Å². The van der Waals surface area contributed by atoms with Gasteiger partial charge in [0, 0.05) is 30.7 Å². The highest BCUT2D eigenvalue weighted by molar-refractivity contribution is 5.99. The summed E-state index contributed by atoms with van der Waals surface area (Å²) >= 11 is 0. The lowest BCUT2D eigenvalue weighted by Gasteiger charge is -2.34. The van der Waals surface area contributed by atoms with Gasteiger partial charge in [0.25, 0.3) is 5.91 Å². The molecule has 0 bridgehead atoms. The Morgan fingerprint density at radius 2 is 1.68 bits per heavy atom. The van der Waals surface area contributed by atoms with E-state index in [-0.39, 0.29) is 5.91 Å². The normalized spacial score (nSPS) is 19.4. The first kappa shape index (κ1) is 19.3. The number of carbonyl (C=O) groups excluding carboxylic acids is 1. The summed E-state index contributed by atoms with van der Waals surface area (Å²) < 4.78 is 6.25. The molecule has 4 heteroatoms. The number of carbonyl (C=O) groups is 1. The van der Waals surface area contributed by atoms with Crippen LogP contribution in [-0.2, 0) is 0 Å². The van der Waals surface area contributed by atoms with Crippen molar-refractivity contribution in [2.75, 3.05) is 13.1 Å². The first-order valence-corrected chi connectivity index (χ1v) is 10.8. The van der Waals surface area contributed by atoms with E-state index in [1.54, 1.807) is 0 Å². The second-order valence-corrected chi connectivity index (χ2v) is 8.63. The van der Waals surface area contributed by atoms with Gasteiger partial charge in [-0.15, -0.1) is 0 Å². The zero-order chi connectivity index (χ0) is 19.5. The third kappa shape index (κ3) is 4.49. The number of fused-ring (bicyclic) bond motifs is 1. The van der Waals surface area contributed by atoms with E-state index in [1.807, 2.05) is 24.3 Å². The average molecular weight is 381 g/mol. The van der Waals surface area contributed by atoms with Gasteiger partial charge in [0.05, 0.1) is 0 Å². The lowest BCUT2D eigenvalue weighted by molar-refractivity contribution is 0.0844. The van der Waals surface area contributed by atoms with E-state index in [4.69, 9.17) is 4.74 Å². The molecule has 0 unspecified atom stereocenters. The summed E-state index contributed by atoms with van der Waals surface area (Å²) in [6.07, 6.45) is 7.12. The van der Waals surface area contributed by atoms with Crippen LogP contribution in [0.4, 0.5) is 0 Å². The van der Waals surface area contributed by atoms with Crippen LogP contribution in [-0.4, -0.2) is 42.1 Å². The molecule has 1 aliphatic carbocycles. The van der Waals surface area contributed by atoms with Crippen LogP contribution in [0.5, 0.6) is 5.75 Å². The van der Waals surface area contributed by atoms with Crippen molar-refractivity contribution in [3.05, 3.63) is 42.0 Å². The number of ether oxygens (including phenoxy) is 1. The van der Waals surface area contributed by atoms with Crippen LogP contribution in [0.15, 0.2) is 36.4 Å². The Balaban J connectivity index is 1.40. The molecule has 0 spiro atoms. The molecule has 28 heavy (non-hydrogen) atoms. The minimum atomic E-state index is 0.0473. The van der Waals surface area contributed by atoms with Gasteiger partial charge in [-0.05, 0) is 74.6 Å². The zero-order valence-corrected chi connectivity index (χ0v) is 17.1. The molecule has 1 saturated carbocycles. The maximum Gasteiger partial charge on any atom is 0.251 e. The Bertz CT molecular complexity index is 818. The van der Waals surface area contributed by atoms with Gasteiger partial charge >= 0.3 is 0 Å². The van der Waals surface area contributed by atoms with Crippen LogP contribution in [0.3, 0.4) is 0 Å². The van der Waals surface area contributed by atoms with Crippen LogP contribution < -0.4 is 10.1 Å². The van der Waals surface area contributed by atoms with Crippen molar-refractivity contribution >= 4 is 16.7 Å². The molecule has 1 amide bonds. The van der Waals surface area contributed by atoms with Gasteiger partial charge in [-0.3, -0.25) is 4.79 Å². The number of nitrogens with zero attached hydrogens (tertiary/aromatic N) is 1. The molecule has 1 heterocycles. The van der Waals surface area contributed by atoms with Crippen molar-refractivity contribution in [2.45, 2.75) is 70.6 Å². The smallest absolute Gasteiger partial charge is 0.251 e. The molecule has 2 aliphatic rings. The molecule has 2 aromatic rings. The quantitative estimate of drug-likeness (QED) is 0.813. The molecule has 0 radical (unpaired) electrons. The lowest BCUT2D eigenvalue weighted by Crippen LogP contribution is -2.41. The highest BCUT2D eigenvalue weighted by Gasteiger charge is 2.22. The Kier molecular flexibility index (Phi) is 5.86. The molecule has 2 fully saturated rings. The van der Waals surface area contributed by atoms with Crippen molar-refractivity contribution in [1.29, 1.82) is 0 Å². The number of likely N-dealkylation sites (tertiary alicyclic amines) is 1. The van der Waals surface area contributed by atoms with Gasteiger partial charge in [0.15, 0.2) is 0 Å². The lowest BCUT2D eigenvalue weighted by atomic mass is 10.0. The number of rotatable bonds is 5. The minimum Gasteiger partial charge on any atom is -0.490 e. The molecule has 4 rings (SSSR count). The van der Waals surface area contributed by atoms with Gasteiger partial charge < -0.3 is 15.0 Å². The average Bonchev–Trinajstić information content (AvgIpc) is 3.21.